The van der Waals surface area contributed by atoms with Crippen molar-refractivity contribution in [1.82, 2.24) is 15.1 Å². The third-order valence-corrected chi connectivity index (χ3v) is 11.6. The molecule has 3 heterocycles. The second-order valence-electron chi connectivity index (χ2n) is 12.1. The van der Waals surface area contributed by atoms with Crippen molar-refractivity contribution in [3.05, 3.63) is 53.4 Å². The predicted molar refractivity (Wildman–Crippen MR) is 160 cm³/mol. The van der Waals surface area contributed by atoms with E-state index in [-0.39, 0.29) is 34.2 Å². The maximum Gasteiger partial charge on any atom is 0.338 e. The molecule has 1 N–H and O–H groups in total. The Bertz CT molecular complexity index is 1430. The summed E-state index contributed by atoms with van der Waals surface area (Å²) < 4.78 is 39.8. The Morgan fingerprint density at radius 1 is 1.19 bits per heavy atom. The SMILES string of the molecule is C=C1NCC2(CCOCC2)Cc2c(CCCOC(=O)c3cccc(S(=O)(=O)C4CCC(C(C)=O)CC4)c3)nn(CC)c21. The minimum Gasteiger partial charge on any atom is -0.462 e. The van der Waals surface area contributed by atoms with Gasteiger partial charge in [-0.3, -0.25) is 9.48 Å². The molecule has 3 aliphatic rings. The number of hydrogen-bond donors (Lipinski definition) is 1. The second-order valence-corrected chi connectivity index (χ2v) is 14.3. The van der Waals surface area contributed by atoms with E-state index >= 15 is 0 Å². The number of esters is 1. The number of carbonyl (C=O) groups is 2. The summed E-state index contributed by atoms with van der Waals surface area (Å²) in [4.78, 5) is 24.7. The number of ether oxygens (including phenoxy) is 2. The molecule has 10 heteroatoms. The van der Waals surface area contributed by atoms with Crippen molar-refractivity contribution < 1.29 is 27.5 Å². The highest BCUT2D eigenvalue weighted by molar-refractivity contribution is 7.92. The first kappa shape index (κ1) is 30.5. The average molecular weight is 598 g/mol. The molecule has 1 aliphatic carbocycles. The summed E-state index contributed by atoms with van der Waals surface area (Å²) in [5, 5.41) is 7.93. The summed E-state index contributed by atoms with van der Waals surface area (Å²) in [5.41, 5.74) is 4.57. The van der Waals surface area contributed by atoms with Crippen molar-refractivity contribution in [2.45, 2.75) is 88.3 Å². The smallest absolute Gasteiger partial charge is 0.338 e. The van der Waals surface area contributed by atoms with Crippen LogP contribution in [0.5, 0.6) is 0 Å². The van der Waals surface area contributed by atoms with Crippen LogP contribution in [-0.2, 0) is 43.5 Å². The van der Waals surface area contributed by atoms with Crippen LogP contribution in [0.4, 0.5) is 0 Å². The van der Waals surface area contributed by atoms with Gasteiger partial charge in [0.15, 0.2) is 9.84 Å². The molecule has 1 saturated carbocycles. The highest BCUT2D eigenvalue weighted by atomic mass is 32.2. The number of sulfone groups is 1. The summed E-state index contributed by atoms with van der Waals surface area (Å²) in [6.07, 6.45) is 6.26. The quantitative estimate of drug-likeness (QED) is 0.331. The number of nitrogens with zero attached hydrogens (tertiary/aromatic N) is 2. The topological polar surface area (TPSA) is 117 Å². The van der Waals surface area contributed by atoms with E-state index in [4.69, 9.17) is 14.6 Å². The number of aromatic nitrogens is 2. The Kier molecular flexibility index (Phi) is 9.23. The lowest BCUT2D eigenvalue weighted by molar-refractivity contribution is -0.121. The molecule has 228 valence electrons. The van der Waals surface area contributed by atoms with Gasteiger partial charge in [-0.1, -0.05) is 12.6 Å². The number of rotatable bonds is 9. The zero-order chi connectivity index (χ0) is 29.9. The van der Waals surface area contributed by atoms with Gasteiger partial charge >= 0.3 is 5.97 Å². The van der Waals surface area contributed by atoms with E-state index in [1.165, 1.54) is 17.7 Å². The number of ketones is 1. The van der Waals surface area contributed by atoms with Gasteiger partial charge in [-0.25, -0.2) is 13.2 Å². The largest absolute Gasteiger partial charge is 0.462 e. The third-order valence-electron chi connectivity index (χ3n) is 9.38. The van der Waals surface area contributed by atoms with Crippen molar-refractivity contribution >= 4 is 27.3 Å². The molecule has 0 radical (unpaired) electrons. The molecule has 1 aromatic heterocycles. The number of carbonyl (C=O) groups excluding carboxylic acids is 2. The van der Waals surface area contributed by atoms with Crippen LogP contribution in [-0.4, -0.2) is 61.6 Å². The van der Waals surface area contributed by atoms with Gasteiger partial charge in [0.25, 0.3) is 0 Å². The van der Waals surface area contributed by atoms with E-state index in [2.05, 4.69) is 18.8 Å². The molecule has 0 bridgehead atoms. The zero-order valence-corrected chi connectivity index (χ0v) is 25.6. The lowest BCUT2D eigenvalue weighted by Crippen LogP contribution is -2.38. The Balaban J connectivity index is 1.21. The van der Waals surface area contributed by atoms with Crippen LogP contribution in [0.3, 0.4) is 0 Å². The van der Waals surface area contributed by atoms with Gasteiger partial charge in [0.2, 0.25) is 0 Å². The summed E-state index contributed by atoms with van der Waals surface area (Å²) in [6, 6.07) is 6.13. The Morgan fingerprint density at radius 2 is 1.93 bits per heavy atom. The van der Waals surface area contributed by atoms with Gasteiger partial charge < -0.3 is 14.8 Å². The zero-order valence-electron chi connectivity index (χ0n) is 24.8. The van der Waals surface area contributed by atoms with Crippen molar-refractivity contribution in [1.29, 1.82) is 0 Å². The van der Waals surface area contributed by atoms with E-state index in [0.717, 1.165) is 62.7 Å². The first-order chi connectivity index (χ1) is 20.1. The van der Waals surface area contributed by atoms with E-state index in [9.17, 15) is 18.0 Å². The molecule has 5 rings (SSSR count). The van der Waals surface area contributed by atoms with Gasteiger partial charge in [0, 0.05) is 37.8 Å². The van der Waals surface area contributed by atoms with Gasteiger partial charge in [-0.05, 0) is 95.2 Å². The fraction of sp³-hybridized carbons (Fsp3) is 0.594. The van der Waals surface area contributed by atoms with Crippen molar-refractivity contribution in [2.24, 2.45) is 11.3 Å². The van der Waals surface area contributed by atoms with Crippen molar-refractivity contribution in [3.8, 4) is 0 Å². The lowest BCUT2D eigenvalue weighted by atomic mass is 9.75. The number of hydrogen-bond acceptors (Lipinski definition) is 8. The molecule has 9 nitrogen and oxygen atoms in total. The number of Topliss-reactive ketones (excluding diaryl/α,β-unsaturated/α-hetero) is 1. The number of fused-ring (bicyclic) bond motifs is 1. The molecule has 2 fully saturated rings. The van der Waals surface area contributed by atoms with E-state index in [0.29, 0.717) is 38.5 Å². The number of benzene rings is 1. The summed E-state index contributed by atoms with van der Waals surface area (Å²) >= 11 is 0. The molecule has 0 amide bonds. The molecule has 0 atom stereocenters. The molecular formula is C32H43N3O6S. The van der Waals surface area contributed by atoms with Gasteiger partial charge in [0.1, 0.15) is 5.78 Å². The monoisotopic (exact) mass is 597 g/mol. The minimum atomic E-state index is -3.61. The second kappa shape index (κ2) is 12.7. The minimum absolute atomic E-state index is 0.0538. The lowest BCUT2D eigenvalue weighted by Gasteiger charge is -2.36. The molecule has 2 aliphatic heterocycles. The Labute approximate surface area is 249 Å². The molecule has 1 saturated heterocycles. The van der Waals surface area contributed by atoms with Gasteiger partial charge in [-0.2, -0.15) is 5.10 Å². The van der Waals surface area contributed by atoms with Crippen LogP contribution in [0.25, 0.3) is 5.70 Å². The molecule has 1 spiro atoms. The normalized spacial score (nSPS) is 22.2. The number of aryl methyl sites for hydroxylation is 2. The van der Waals surface area contributed by atoms with E-state index in [1.807, 2.05) is 4.68 Å². The van der Waals surface area contributed by atoms with E-state index in [1.54, 1.807) is 19.1 Å². The van der Waals surface area contributed by atoms with Crippen LogP contribution in [0, 0.1) is 11.3 Å². The van der Waals surface area contributed by atoms with Gasteiger partial charge in [-0.15, -0.1) is 0 Å². The predicted octanol–water partition coefficient (Wildman–Crippen LogP) is 4.53. The maximum atomic E-state index is 13.3. The average Bonchev–Trinajstić information content (AvgIpc) is 3.28. The van der Waals surface area contributed by atoms with Gasteiger partial charge in [0.05, 0.1) is 39.4 Å². The van der Waals surface area contributed by atoms with Crippen LogP contribution < -0.4 is 5.32 Å². The third kappa shape index (κ3) is 6.34. The van der Waals surface area contributed by atoms with Crippen LogP contribution in [0.1, 0.15) is 86.1 Å². The van der Waals surface area contributed by atoms with E-state index < -0.39 is 21.1 Å². The highest BCUT2D eigenvalue weighted by Crippen LogP contribution is 2.40. The first-order valence-electron chi connectivity index (χ1n) is 15.2. The summed E-state index contributed by atoms with van der Waals surface area (Å²) in [7, 11) is -3.61. The van der Waals surface area contributed by atoms with Crippen molar-refractivity contribution in [3.63, 3.8) is 0 Å². The molecular weight excluding hydrogens is 554 g/mol. The molecule has 0 unspecified atom stereocenters. The molecule has 1 aromatic carbocycles. The standard InChI is InChI=1S/C32H43N3O6S/c1-4-35-30-22(2)33-21-32(14-17-40-18-15-32)20-28(30)29(34-35)9-6-16-41-31(37)25-7-5-8-27(19-25)42(38,39)26-12-10-24(11-13-26)23(3)36/h5,7-8,19,24,26,33H,2,4,6,9-18,20-21H2,1,3H3. The van der Waals surface area contributed by atoms with Crippen LogP contribution in [0.15, 0.2) is 35.7 Å². The fourth-order valence-electron chi connectivity index (χ4n) is 6.74. The van der Waals surface area contributed by atoms with Crippen molar-refractivity contribution in [2.75, 3.05) is 26.4 Å². The first-order valence-corrected chi connectivity index (χ1v) is 16.8. The fourth-order valence-corrected chi connectivity index (χ4v) is 8.57. The Hall–Kier alpha value is -2.98. The number of nitrogens with one attached hydrogen (secondary N) is 1. The molecule has 2 aromatic rings. The Morgan fingerprint density at radius 3 is 2.62 bits per heavy atom. The summed E-state index contributed by atoms with van der Waals surface area (Å²) in [5.74, 6) is -0.471. The maximum absolute atomic E-state index is 13.3. The highest BCUT2D eigenvalue weighted by Gasteiger charge is 2.38. The summed E-state index contributed by atoms with van der Waals surface area (Å²) in [6.45, 7) is 11.3. The van der Waals surface area contributed by atoms with Crippen LogP contribution in [0.2, 0.25) is 0 Å². The molecule has 42 heavy (non-hydrogen) atoms. The van der Waals surface area contributed by atoms with Crippen LogP contribution >= 0.6 is 0 Å².